The number of carbonyl (C=O) groups excluding carboxylic acids is 2. The molecule has 0 aliphatic carbocycles. The molecule has 1 aliphatic rings. The molecular weight excluding hydrogens is 505 g/mol. The highest BCUT2D eigenvalue weighted by Crippen LogP contribution is 2.33. The average Bonchev–Trinajstić information content (AvgIpc) is 2.95. The fraction of sp³-hybridized carbons (Fsp3) is 0.190. The van der Waals surface area contributed by atoms with E-state index >= 15 is 0 Å². The van der Waals surface area contributed by atoms with Gasteiger partial charge in [0.05, 0.1) is 8.48 Å². The summed E-state index contributed by atoms with van der Waals surface area (Å²) in [6, 6.07) is 15.1. The highest BCUT2D eigenvalue weighted by molar-refractivity contribution is 14.1. The van der Waals surface area contributed by atoms with Crippen molar-refractivity contribution in [3.8, 4) is 5.75 Å². The molecule has 0 saturated carbocycles. The molecule has 0 unspecified atom stereocenters. The lowest BCUT2D eigenvalue weighted by Gasteiger charge is -2.12. The fourth-order valence-corrected chi connectivity index (χ4v) is 4.35. The lowest BCUT2D eigenvalue weighted by atomic mass is 10.1. The van der Waals surface area contributed by atoms with Crippen molar-refractivity contribution >= 4 is 57.5 Å². The van der Waals surface area contributed by atoms with Gasteiger partial charge in [0.2, 0.25) is 0 Å². The van der Waals surface area contributed by atoms with Crippen LogP contribution in [0.1, 0.15) is 17.5 Å². The van der Waals surface area contributed by atoms with Gasteiger partial charge in [-0.1, -0.05) is 36.4 Å². The second-order valence-electron chi connectivity index (χ2n) is 6.29. The van der Waals surface area contributed by atoms with Crippen molar-refractivity contribution in [3.63, 3.8) is 0 Å². The van der Waals surface area contributed by atoms with Crippen molar-refractivity contribution in [1.82, 2.24) is 4.90 Å². The van der Waals surface area contributed by atoms with Crippen LogP contribution in [0.2, 0.25) is 0 Å². The number of hydrogen-bond acceptors (Lipinski definition) is 5. The van der Waals surface area contributed by atoms with Crippen molar-refractivity contribution in [2.45, 2.75) is 12.8 Å². The van der Waals surface area contributed by atoms with E-state index in [9.17, 15) is 14.4 Å². The number of amides is 2. The number of halogens is 1. The molecule has 3 rings (SSSR count). The predicted octanol–water partition coefficient (Wildman–Crippen LogP) is 4.42. The zero-order valence-electron chi connectivity index (χ0n) is 15.3. The van der Waals surface area contributed by atoms with E-state index in [1.54, 1.807) is 24.3 Å². The number of aliphatic carboxylic acids is 1. The van der Waals surface area contributed by atoms with Gasteiger partial charge in [-0.05, 0) is 76.5 Å². The average molecular weight is 523 g/mol. The van der Waals surface area contributed by atoms with E-state index in [0.717, 1.165) is 27.3 Å². The van der Waals surface area contributed by atoms with E-state index in [-0.39, 0.29) is 11.1 Å². The standard InChI is InChI=1S/C21H18INO5S/c22-16-11-15(8-9-17(16)28-13-19(24)25)12-18-20(26)23(21(27)29-18)10-4-7-14-5-2-1-3-6-14/h1-3,5-6,8-9,11-12H,4,7,10,13H2,(H,24,25)/b18-12+. The number of aryl methyl sites for hydroxylation is 1. The molecule has 1 aliphatic heterocycles. The van der Waals surface area contributed by atoms with Crippen LogP contribution in [-0.4, -0.2) is 40.3 Å². The van der Waals surface area contributed by atoms with Gasteiger partial charge in [-0.25, -0.2) is 4.79 Å². The highest BCUT2D eigenvalue weighted by atomic mass is 127. The first-order valence-corrected chi connectivity index (χ1v) is 10.8. The third-order valence-corrected chi connectivity index (χ3v) is 5.92. The molecular formula is C21H18INO5S. The van der Waals surface area contributed by atoms with Crippen LogP contribution in [0.5, 0.6) is 5.75 Å². The first kappa shape index (κ1) is 21.4. The molecule has 150 valence electrons. The molecule has 1 heterocycles. The number of imide groups is 1. The maximum atomic E-state index is 12.6. The van der Waals surface area contributed by atoms with Gasteiger partial charge in [-0.15, -0.1) is 0 Å². The maximum absolute atomic E-state index is 12.6. The smallest absolute Gasteiger partial charge is 0.341 e. The number of rotatable bonds is 8. The van der Waals surface area contributed by atoms with Crippen molar-refractivity contribution in [3.05, 3.63) is 68.1 Å². The molecule has 8 heteroatoms. The number of carboxylic acids is 1. The first-order chi connectivity index (χ1) is 13.9. The van der Waals surface area contributed by atoms with E-state index in [1.165, 1.54) is 10.5 Å². The lowest BCUT2D eigenvalue weighted by Crippen LogP contribution is -2.29. The Balaban J connectivity index is 1.63. The van der Waals surface area contributed by atoms with Gasteiger partial charge in [0.25, 0.3) is 11.1 Å². The summed E-state index contributed by atoms with van der Waals surface area (Å²) in [5, 5.41) is 8.44. The van der Waals surface area contributed by atoms with Crippen LogP contribution in [0.25, 0.3) is 6.08 Å². The summed E-state index contributed by atoms with van der Waals surface area (Å²) < 4.78 is 5.92. The van der Waals surface area contributed by atoms with E-state index in [4.69, 9.17) is 9.84 Å². The first-order valence-electron chi connectivity index (χ1n) is 8.87. The van der Waals surface area contributed by atoms with E-state index in [2.05, 4.69) is 0 Å². The zero-order valence-corrected chi connectivity index (χ0v) is 18.3. The number of hydrogen-bond donors (Lipinski definition) is 1. The highest BCUT2D eigenvalue weighted by Gasteiger charge is 2.34. The minimum absolute atomic E-state index is 0.259. The minimum atomic E-state index is -1.05. The molecule has 0 radical (unpaired) electrons. The third kappa shape index (κ3) is 5.83. The van der Waals surface area contributed by atoms with Crippen LogP contribution in [-0.2, 0) is 16.0 Å². The van der Waals surface area contributed by atoms with E-state index < -0.39 is 12.6 Å². The molecule has 0 bridgehead atoms. The summed E-state index contributed by atoms with van der Waals surface area (Å²) in [5.74, 6) is -0.876. The van der Waals surface area contributed by atoms with Crippen LogP contribution < -0.4 is 4.74 Å². The molecule has 2 aromatic carbocycles. The van der Waals surface area contributed by atoms with Crippen LogP contribution in [0.4, 0.5) is 4.79 Å². The van der Waals surface area contributed by atoms with Crippen molar-refractivity contribution < 1.29 is 24.2 Å². The van der Waals surface area contributed by atoms with Crippen molar-refractivity contribution in [1.29, 1.82) is 0 Å². The van der Waals surface area contributed by atoms with Gasteiger partial charge in [0.15, 0.2) is 6.61 Å². The van der Waals surface area contributed by atoms with Gasteiger partial charge in [-0.3, -0.25) is 14.5 Å². The van der Waals surface area contributed by atoms with Crippen molar-refractivity contribution in [2.24, 2.45) is 0 Å². The Labute approximate surface area is 186 Å². The predicted molar refractivity (Wildman–Crippen MR) is 120 cm³/mol. The monoisotopic (exact) mass is 523 g/mol. The number of ether oxygens (including phenoxy) is 1. The second-order valence-corrected chi connectivity index (χ2v) is 8.45. The third-order valence-electron chi connectivity index (χ3n) is 4.17. The quantitative estimate of drug-likeness (QED) is 0.408. The topological polar surface area (TPSA) is 83.9 Å². The molecule has 0 atom stereocenters. The molecule has 6 nitrogen and oxygen atoms in total. The lowest BCUT2D eigenvalue weighted by molar-refractivity contribution is -0.139. The number of benzene rings is 2. The fourth-order valence-electron chi connectivity index (χ4n) is 2.79. The van der Waals surface area contributed by atoms with Gasteiger partial charge in [0, 0.05) is 6.54 Å². The summed E-state index contributed by atoms with van der Waals surface area (Å²) in [5.41, 5.74) is 1.92. The van der Waals surface area contributed by atoms with Gasteiger partial charge >= 0.3 is 5.97 Å². The van der Waals surface area contributed by atoms with Gasteiger partial charge < -0.3 is 9.84 Å². The maximum Gasteiger partial charge on any atom is 0.341 e. The van der Waals surface area contributed by atoms with Crippen LogP contribution in [0, 0.1) is 3.57 Å². The SMILES string of the molecule is O=C(O)COc1ccc(/C=C2/SC(=O)N(CCCc3ccccc3)C2=O)cc1I. The molecule has 0 aromatic heterocycles. The van der Waals surface area contributed by atoms with Gasteiger partial charge in [0.1, 0.15) is 5.75 Å². The molecule has 0 spiro atoms. The van der Waals surface area contributed by atoms with Crippen LogP contribution in [0.15, 0.2) is 53.4 Å². The Morgan fingerprint density at radius 1 is 1.17 bits per heavy atom. The van der Waals surface area contributed by atoms with Crippen LogP contribution in [0.3, 0.4) is 0 Å². The number of carbonyl (C=O) groups is 3. The molecule has 29 heavy (non-hydrogen) atoms. The Morgan fingerprint density at radius 2 is 1.93 bits per heavy atom. The molecule has 2 amide bonds. The molecule has 1 saturated heterocycles. The summed E-state index contributed by atoms with van der Waals surface area (Å²) in [4.78, 5) is 37.2. The normalized spacial score (nSPS) is 15.2. The summed E-state index contributed by atoms with van der Waals surface area (Å²) >= 11 is 2.97. The summed E-state index contributed by atoms with van der Waals surface area (Å²) in [6.45, 7) is -0.0341. The van der Waals surface area contributed by atoms with Gasteiger partial charge in [-0.2, -0.15) is 0 Å². The molecule has 1 fully saturated rings. The summed E-state index contributed by atoms with van der Waals surface area (Å²) in [7, 11) is 0. The number of carboxylic acid groups (broad SMARTS) is 1. The minimum Gasteiger partial charge on any atom is -0.481 e. The largest absolute Gasteiger partial charge is 0.481 e. The number of nitrogens with zero attached hydrogens (tertiary/aromatic N) is 1. The second kappa shape index (κ2) is 9.93. The number of thioether (sulfide) groups is 1. The van der Waals surface area contributed by atoms with E-state index in [0.29, 0.717) is 23.6 Å². The Kier molecular flexibility index (Phi) is 7.32. The Morgan fingerprint density at radius 3 is 2.62 bits per heavy atom. The Hall–Kier alpha value is -2.33. The zero-order chi connectivity index (χ0) is 20.8. The summed E-state index contributed by atoms with van der Waals surface area (Å²) in [6.07, 6.45) is 3.19. The van der Waals surface area contributed by atoms with Crippen LogP contribution >= 0.6 is 34.4 Å². The molecule has 1 N–H and O–H groups in total. The Bertz CT molecular complexity index is 961. The van der Waals surface area contributed by atoms with E-state index in [1.807, 2.05) is 52.9 Å². The van der Waals surface area contributed by atoms with Crippen molar-refractivity contribution in [2.75, 3.05) is 13.2 Å². The molecule has 2 aromatic rings.